The second-order valence-electron chi connectivity index (χ2n) is 13.8. The average molecular weight is 674 g/mol. The van der Waals surface area contributed by atoms with E-state index >= 15 is 0 Å². The van der Waals surface area contributed by atoms with Gasteiger partial charge in [-0.25, -0.2) is 9.97 Å². The summed E-state index contributed by atoms with van der Waals surface area (Å²) in [5.74, 6) is 0.723. The van der Waals surface area contributed by atoms with Crippen LogP contribution in [-0.2, 0) is 0 Å². The molecule has 0 aliphatic carbocycles. The lowest BCUT2D eigenvalue weighted by Crippen LogP contribution is -1.95. The number of para-hydroxylation sites is 2. The summed E-state index contributed by atoms with van der Waals surface area (Å²) < 4.78 is 2.49. The Balaban J connectivity index is 1.11. The zero-order chi connectivity index (χ0) is 34.9. The highest BCUT2D eigenvalue weighted by Gasteiger charge is 2.20. The SMILES string of the molecule is c1ccc(-c2nc(-c3ccc(-c4ccc5c(-c6ccc7ccccc7c6)c6c7ccccc7c7ccccc7n6c5c4)cc3)nc3ccccc23)cc1. The third-order valence-corrected chi connectivity index (χ3v) is 10.8. The normalized spacial score (nSPS) is 11.8. The number of fused-ring (bicyclic) bond motifs is 10. The Labute approximate surface area is 306 Å². The standard InChI is InChI=1S/C50H31N3/c1-2-13-34(14-3-1)48-42-19-8-10-20-44(42)51-50(52-48)35-25-22-33(23-26-35)37-28-29-43-46(31-37)53-45-21-11-9-17-40(45)39-16-6-7-18-41(39)49(53)47(43)38-27-24-32-12-4-5-15-36(32)30-38/h1-31H. The van der Waals surface area contributed by atoms with E-state index in [1.165, 1.54) is 60.0 Å². The average Bonchev–Trinajstić information content (AvgIpc) is 3.58. The summed E-state index contributed by atoms with van der Waals surface area (Å²) in [6.45, 7) is 0. The van der Waals surface area contributed by atoms with Crippen molar-refractivity contribution < 1.29 is 0 Å². The molecular formula is C50H31N3. The summed E-state index contributed by atoms with van der Waals surface area (Å²) >= 11 is 0. The van der Waals surface area contributed by atoms with Gasteiger partial charge in [0, 0.05) is 38.2 Å². The van der Waals surface area contributed by atoms with Crippen molar-refractivity contribution in [2.24, 2.45) is 0 Å². The summed E-state index contributed by atoms with van der Waals surface area (Å²) in [4.78, 5) is 10.1. The fourth-order valence-corrected chi connectivity index (χ4v) is 8.26. The Bertz CT molecular complexity index is 3210. The maximum absolute atomic E-state index is 5.11. The second kappa shape index (κ2) is 11.7. The van der Waals surface area contributed by atoms with Crippen LogP contribution < -0.4 is 0 Å². The predicted molar refractivity (Wildman–Crippen MR) is 222 cm³/mol. The van der Waals surface area contributed by atoms with Gasteiger partial charge in [0.1, 0.15) is 0 Å². The number of rotatable bonds is 4. The van der Waals surface area contributed by atoms with Gasteiger partial charge in [0.15, 0.2) is 5.82 Å². The maximum atomic E-state index is 5.11. The van der Waals surface area contributed by atoms with Crippen molar-refractivity contribution in [1.29, 1.82) is 0 Å². The number of nitrogens with zero attached hydrogens (tertiary/aromatic N) is 3. The second-order valence-corrected chi connectivity index (χ2v) is 13.8. The highest BCUT2D eigenvalue weighted by molar-refractivity contribution is 6.22. The lowest BCUT2D eigenvalue weighted by molar-refractivity contribution is 1.23. The molecule has 0 unspecified atom stereocenters. The van der Waals surface area contributed by atoms with E-state index < -0.39 is 0 Å². The summed E-state index contributed by atoms with van der Waals surface area (Å²) in [5.41, 5.74) is 12.4. The summed E-state index contributed by atoms with van der Waals surface area (Å²) in [6, 6.07) is 67.4. The Morgan fingerprint density at radius 1 is 0.340 bits per heavy atom. The van der Waals surface area contributed by atoms with Gasteiger partial charge < -0.3 is 4.40 Å². The van der Waals surface area contributed by atoms with E-state index in [2.05, 4.69) is 174 Å². The predicted octanol–water partition coefficient (Wildman–Crippen LogP) is 13.2. The number of hydrogen-bond acceptors (Lipinski definition) is 2. The molecule has 0 atom stereocenters. The van der Waals surface area contributed by atoms with Crippen LogP contribution in [0.15, 0.2) is 188 Å². The molecule has 11 rings (SSSR count). The van der Waals surface area contributed by atoms with Gasteiger partial charge in [0.05, 0.1) is 27.8 Å². The molecule has 0 saturated carbocycles. The molecule has 0 radical (unpaired) electrons. The molecular weight excluding hydrogens is 643 g/mol. The fraction of sp³-hybridized carbons (Fsp3) is 0. The number of hydrogen-bond donors (Lipinski definition) is 0. The largest absolute Gasteiger partial charge is 0.308 e. The molecule has 3 aromatic heterocycles. The third-order valence-electron chi connectivity index (χ3n) is 10.8. The first-order valence-corrected chi connectivity index (χ1v) is 18.1. The molecule has 53 heavy (non-hydrogen) atoms. The summed E-state index contributed by atoms with van der Waals surface area (Å²) in [5, 5.41) is 8.54. The lowest BCUT2D eigenvalue weighted by Gasteiger charge is -2.12. The van der Waals surface area contributed by atoms with Gasteiger partial charge in [-0.2, -0.15) is 0 Å². The molecule has 0 amide bonds. The Hall–Kier alpha value is -7.10. The van der Waals surface area contributed by atoms with E-state index in [-0.39, 0.29) is 0 Å². The monoisotopic (exact) mass is 673 g/mol. The number of benzene rings is 8. The van der Waals surface area contributed by atoms with E-state index in [9.17, 15) is 0 Å². The zero-order valence-electron chi connectivity index (χ0n) is 28.7. The Morgan fingerprint density at radius 3 is 1.83 bits per heavy atom. The zero-order valence-corrected chi connectivity index (χ0v) is 28.7. The first kappa shape index (κ1) is 29.6. The van der Waals surface area contributed by atoms with Crippen molar-refractivity contribution in [1.82, 2.24) is 14.4 Å². The molecule has 0 saturated heterocycles. The first-order chi connectivity index (χ1) is 26.3. The number of aromatic nitrogens is 3. The van der Waals surface area contributed by atoms with Gasteiger partial charge in [0.25, 0.3) is 0 Å². The molecule has 0 spiro atoms. The van der Waals surface area contributed by atoms with Crippen molar-refractivity contribution in [3.05, 3.63) is 188 Å². The van der Waals surface area contributed by atoms with Crippen LogP contribution in [0.5, 0.6) is 0 Å². The van der Waals surface area contributed by atoms with Crippen molar-refractivity contribution >= 4 is 59.8 Å². The lowest BCUT2D eigenvalue weighted by atomic mass is 9.96. The molecule has 0 fully saturated rings. The summed E-state index contributed by atoms with van der Waals surface area (Å²) in [6.07, 6.45) is 0. The molecule has 3 heterocycles. The molecule has 3 heteroatoms. The van der Waals surface area contributed by atoms with Crippen LogP contribution in [0.3, 0.4) is 0 Å². The van der Waals surface area contributed by atoms with E-state index in [4.69, 9.17) is 9.97 Å². The molecule has 11 aromatic rings. The van der Waals surface area contributed by atoms with E-state index in [1.807, 2.05) is 18.2 Å². The first-order valence-electron chi connectivity index (χ1n) is 18.1. The third kappa shape index (κ3) is 4.68. The minimum Gasteiger partial charge on any atom is -0.308 e. The van der Waals surface area contributed by atoms with Crippen LogP contribution in [-0.4, -0.2) is 14.4 Å². The minimum atomic E-state index is 0.723. The van der Waals surface area contributed by atoms with E-state index in [0.29, 0.717) is 0 Å². The number of pyridine rings is 1. The highest BCUT2D eigenvalue weighted by atomic mass is 14.9. The maximum Gasteiger partial charge on any atom is 0.160 e. The van der Waals surface area contributed by atoms with Gasteiger partial charge in [-0.05, 0) is 57.1 Å². The molecule has 0 N–H and O–H groups in total. The van der Waals surface area contributed by atoms with Crippen LogP contribution >= 0.6 is 0 Å². The van der Waals surface area contributed by atoms with Crippen LogP contribution in [0, 0.1) is 0 Å². The minimum absolute atomic E-state index is 0.723. The van der Waals surface area contributed by atoms with E-state index in [1.54, 1.807) is 0 Å². The van der Waals surface area contributed by atoms with Crippen molar-refractivity contribution in [3.63, 3.8) is 0 Å². The fourth-order valence-electron chi connectivity index (χ4n) is 8.26. The molecule has 0 bridgehead atoms. The van der Waals surface area contributed by atoms with Gasteiger partial charge in [-0.1, -0.05) is 164 Å². The summed E-state index contributed by atoms with van der Waals surface area (Å²) in [7, 11) is 0. The van der Waals surface area contributed by atoms with Crippen LogP contribution in [0.2, 0.25) is 0 Å². The van der Waals surface area contributed by atoms with Crippen LogP contribution in [0.25, 0.3) is 105 Å². The Morgan fingerprint density at radius 2 is 0.981 bits per heavy atom. The van der Waals surface area contributed by atoms with Gasteiger partial charge >= 0.3 is 0 Å². The van der Waals surface area contributed by atoms with Gasteiger partial charge in [-0.15, -0.1) is 0 Å². The van der Waals surface area contributed by atoms with Crippen molar-refractivity contribution in [2.45, 2.75) is 0 Å². The molecule has 246 valence electrons. The van der Waals surface area contributed by atoms with Gasteiger partial charge in [0.2, 0.25) is 0 Å². The molecule has 3 nitrogen and oxygen atoms in total. The smallest absolute Gasteiger partial charge is 0.160 e. The molecule has 8 aromatic carbocycles. The van der Waals surface area contributed by atoms with Gasteiger partial charge in [-0.3, -0.25) is 0 Å². The molecule has 0 aliphatic heterocycles. The quantitative estimate of drug-likeness (QED) is 0.174. The topological polar surface area (TPSA) is 30.2 Å². The van der Waals surface area contributed by atoms with Crippen LogP contribution in [0.4, 0.5) is 0 Å². The van der Waals surface area contributed by atoms with Crippen molar-refractivity contribution in [2.75, 3.05) is 0 Å². The van der Waals surface area contributed by atoms with Crippen LogP contribution in [0.1, 0.15) is 0 Å². The van der Waals surface area contributed by atoms with E-state index in [0.717, 1.165) is 44.7 Å². The van der Waals surface area contributed by atoms with Crippen molar-refractivity contribution in [3.8, 4) is 44.9 Å². The Kier molecular flexibility index (Phi) is 6.55. The highest BCUT2D eigenvalue weighted by Crippen LogP contribution is 2.44. The molecule has 0 aliphatic rings.